The van der Waals surface area contributed by atoms with Crippen molar-refractivity contribution in [3.05, 3.63) is 35.4 Å². The molecule has 4 nitrogen and oxygen atoms in total. The molecule has 1 saturated heterocycles. The summed E-state index contributed by atoms with van der Waals surface area (Å²) in [6.45, 7) is 3.16. The summed E-state index contributed by atoms with van der Waals surface area (Å²) in [5, 5.41) is 11.5. The molecule has 0 aromatic heterocycles. The molecule has 0 bridgehead atoms. The molecule has 1 heterocycles. The molecule has 1 fully saturated rings. The smallest absolute Gasteiger partial charge is 0.249 e. The van der Waals surface area contributed by atoms with E-state index >= 15 is 0 Å². The van der Waals surface area contributed by atoms with Crippen molar-refractivity contribution in [2.24, 2.45) is 5.92 Å². The fourth-order valence-electron chi connectivity index (χ4n) is 2.02. The molecule has 1 aromatic rings. The average Bonchev–Trinajstić information content (AvgIpc) is 2.83. The predicted octanol–water partition coefficient (Wildman–Crippen LogP) is 1.60. The van der Waals surface area contributed by atoms with E-state index in [1.165, 1.54) is 0 Å². The van der Waals surface area contributed by atoms with Gasteiger partial charge in [-0.15, -0.1) is 0 Å². The third kappa shape index (κ3) is 2.88. The summed E-state index contributed by atoms with van der Waals surface area (Å²) in [4.78, 5) is 11.9. The maximum absolute atomic E-state index is 11.9. The minimum absolute atomic E-state index is 0.0515. The second-order valence-corrected chi connectivity index (χ2v) is 4.58. The minimum atomic E-state index is -0.316. The van der Waals surface area contributed by atoms with E-state index in [9.17, 15) is 4.79 Å². The van der Waals surface area contributed by atoms with Crippen molar-refractivity contribution in [2.45, 2.75) is 26.0 Å². The topological polar surface area (TPSA) is 62.1 Å². The van der Waals surface area contributed by atoms with Gasteiger partial charge in [-0.3, -0.25) is 4.79 Å². The first-order valence-electron chi connectivity index (χ1n) is 6.09. The molecular weight excluding hydrogens is 228 g/mol. The summed E-state index contributed by atoms with van der Waals surface area (Å²) in [5.41, 5.74) is 1.60. The summed E-state index contributed by atoms with van der Waals surface area (Å²) in [7, 11) is 0. The molecule has 0 saturated carbocycles. The number of hydrogen-bond donors (Lipinski definition) is 1. The maximum atomic E-state index is 11.9. The molecule has 4 heteroatoms. The van der Waals surface area contributed by atoms with E-state index in [0.717, 1.165) is 12.0 Å². The summed E-state index contributed by atoms with van der Waals surface area (Å²) < 4.78 is 5.40. The summed E-state index contributed by atoms with van der Waals surface area (Å²) in [5.74, 6) is 0.232. The summed E-state index contributed by atoms with van der Waals surface area (Å²) >= 11 is 0. The molecule has 18 heavy (non-hydrogen) atoms. The van der Waals surface area contributed by atoms with Crippen LogP contribution in [0, 0.1) is 17.2 Å². The van der Waals surface area contributed by atoms with Crippen LogP contribution in [0.2, 0.25) is 0 Å². The number of hydrogen-bond acceptors (Lipinski definition) is 3. The third-order valence-corrected chi connectivity index (χ3v) is 3.20. The molecule has 2 atom stereocenters. The van der Waals surface area contributed by atoms with Crippen LogP contribution in [0.5, 0.6) is 0 Å². The van der Waals surface area contributed by atoms with Crippen LogP contribution >= 0.6 is 0 Å². The van der Waals surface area contributed by atoms with Crippen LogP contribution < -0.4 is 5.32 Å². The quantitative estimate of drug-likeness (QED) is 0.878. The van der Waals surface area contributed by atoms with Gasteiger partial charge in [-0.25, -0.2) is 0 Å². The number of benzene rings is 1. The van der Waals surface area contributed by atoms with Crippen LogP contribution in [0.4, 0.5) is 0 Å². The zero-order valence-electron chi connectivity index (χ0n) is 10.3. The summed E-state index contributed by atoms with van der Waals surface area (Å²) in [6.07, 6.45) is 0.623. The Morgan fingerprint density at radius 2 is 2.22 bits per heavy atom. The van der Waals surface area contributed by atoms with E-state index < -0.39 is 0 Å². The van der Waals surface area contributed by atoms with Gasteiger partial charge < -0.3 is 10.1 Å². The van der Waals surface area contributed by atoms with Gasteiger partial charge in [-0.2, -0.15) is 5.26 Å². The third-order valence-electron chi connectivity index (χ3n) is 3.20. The highest BCUT2D eigenvalue weighted by molar-refractivity contribution is 5.81. The van der Waals surface area contributed by atoms with Crippen LogP contribution in [-0.2, 0) is 16.1 Å². The van der Waals surface area contributed by atoms with Crippen LogP contribution in [0.25, 0.3) is 0 Å². The van der Waals surface area contributed by atoms with Crippen LogP contribution in [0.1, 0.15) is 24.5 Å². The fraction of sp³-hybridized carbons (Fsp3) is 0.429. The highest BCUT2D eigenvalue weighted by Gasteiger charge is 2.30. The number of nitrogens with zero attached hydrogens (tertiary/aromatic N) is 1. The zero-order valence-corrected chi connectivity index (χ0v) is 10.3. The number of carbonyl (C=O) groups is 1. The SMILES string of the molecule is CC1CCOC1C(=O)NCc1ccc(C#N)cc1. The first kappa shape index (κ1) is 12.6. The van der Waals surface area contributed by atoms with Crippen molar-refractivity contribution in [1.82, 2.24) is 5.32 Å². The Hall–Kier alpha value is -1.86. The number of amides is 1. The lowest BCUT2D eigenvalue weighted by molar-refractivity contribution is -0.131. The Balaban J connectivity index is 1.87. The van der Waals surface area contributed by atoms with Crippen molar-refractivity contribution in [3.63, 3.8) is 0 Å². The second kappa shape index (κ2) is 5.65. The van der Waals surface area contributed by atoms with Gasteiger partial charge in [0.2, 0.25) is 5.91 Å². The molecule has 94 valence electrons. The molecule has 0 aliphatic carbocycles. The van der Waals surface area contributed by atoms with Crippen molar-refractivity contribution >= 4 is 5.91 Å². The number of nitrogens with one attached hydrogen (secondary N) is 1. The van der Waals surface area contributed by atoms with Gasteiger partial charge in [0.1, 0.15) is 6.10 Å². The highest BCUT2D eigenvalue weighted by Crippen LogP contribution is 2.20. The molecule has 1 aromatic carbocycles. The van der Waals surface area contributed by atoms with Crippen LogP contribution in [0.15, 0.2) is 24.3 Å². The van der Waals surface area contributed by atoms with Gasteiger partial charge in [0.15, 0.2) is 0 Å². The van der Waals surface area contributed by atoms with Crippen LogP contribution in [-0.4, -0.2) is 18.6 Å². The van der Waals surface area contributed by atoms with Gasteiger partial charge in [-0.1, -0.05) is 19.1 Å². The highest BCUT2D eigenvalue weighted by atomic mass is 16.5. The molecule has 1 N–H and O–H groups in total. The zero-order chi connectivity index (χ0) is 13.0. The van der Waals surface area contributed by atoms with Gasteiger partial charge >= 0.3 is 0 Å². The van der Waals surface area contributed by atoms with Gasteiger partial charge in [0.05, 0.1) is 11.6 Å². The lowest BCUT2D eigenvalue weighted by Gasteiger charge is -2.14. The van der Waals surface area contributed by atoms with Crippen molar-refractivity contribution < 1.29 is 9.53 Å². The lowest BCUT2D eigenvalue weighted by atomic mass is 10.0. The molecule has 0 spiro atoms. The Bertz CT molecular complexity index is 462. The minimum Gasteiger partial charge on any atom is -0.368 e. The Kier molecular flexibility index (Phi) is 3.96. The lowest BCUT2D eigenvalue weighted by Crippen LogP contribution is -2.36. The largest absolute Gasteiger partial charge is 0.368 e. The molecule has 1 amide bonds. The van der Waals surface area contributed by atoms with E-state index in [1.807, 2.05) is 19.1 Å². The molecular formula is C14H16N2O2. The van der Waals surface area contributed by atoms with Crippen molar-refractivity contribution in [1.29, 1.82) is 5.26 Å². The molecule has 0 radical (unpaired) electrons. The number of ether oxygens (including phenoxy) is 1. The normalized spacial score (nSPS) is 22.4. The molecule has 1 aliphatic heterocycles. The second-order valence-electron chi connectivity index (χ2n) is 4.58. The standard InChI is InChI=1S/C14H16N2O2/c1-10-6-7-18-13(10)14(17)16-9-12-4-2-11(8-15)3-5-12/h2-5,10,13H,6-7,9H2,1H3,(H,16,17). The van der Waals surface area contributed by atoms with E-state index in [4.69, 9.17) is 10.00 Å². The monoisotopic (exact) mass is 244 g/mol. The Morgan fingerprint density at radius 3 is 2.78 bits per heavy atom. The van der Waals surface area contributed by atoms with Gasteiger partial charge in [0, 0.05) is 13.2 Å². The van der Waals surface area contributed by atoms with E-state index in [1.54, 1.807) is 12.1 Å². The predicted molar refractivity (Wildman–Crippen MR) is 66.5 cm³/mol. The molecule has 1 aliphatic rings. The molecule has 2 rings (SSSR count). The fourth-order valence-corrected chi connectivity index (χ4v) is 2.02. The van der Waals surface area contributed by atoms with E-state index in [0.29, 0.717) is 18.7 Å². The first-order chi connectivity index (χ1) is 8.70. The number of rotatable bonds is 3. The Morgan fingerprint density at radius 1 is 1.50 bits per heavy atom. The van der Waals surface area contributed by atoms with E-state index in [-0.39, 0.29) is 17.9 Å². The number of nitriles is 1. The number of carbonyl (C=O) groups excluding carboxylic acids is 1. The Labute approximate surface area is 107 Å². The molecule has 2 unspecified atom stereocenters. The van der Waals surface area contributed by atoms with Gasteiger partial charge in [0.25, 0.3) is 0 Å². The maximum Gasteiger partial charge on any atom is 0.249 e. The van der Waals surface area contributed by atoms with Crippen LogP contribution in [0.3, 0.4) is 0 Å². The first-order valence-corrected chi connectivity index (χ1v) is 6.09. The van der Waals surface area contributed by atoms with Crippen molar-refractivity contribution in [3.8, 4) is 6.07 Å². The van der Waals surface area contributed by atoms with Gasteiger partial charge in [-0.05, 0) is 30.0 Å². The van der Waals surface area contributed by atoms with E-state index in [2.05, 4.69) is 11.4 Å². The van der Waals surface area contributed by atoms with Crippen molar-refractivity contribution in [2.75, 3.05) is 6.61 Å². The average molecular weight is 244 g/mol. The summed E-state index contributed by atoms with van der Waals surface area (Å²) in [6, 6.07) is 9.24.